The highest BCUT2D eigenvalue weighted by Gasteiger charge is 2.64. The predicted molar refractivity (Wildman–Crippen MR) is 74.8 cm³/mol. The molecule has 104 valence electrons. The van der Waals surface area contributed by atoms with Crippen molar-refractivity contribution in [2.75, 3.05) is 0 Å². The smallest absolute Gasteiger partial charge is 0.160 e. The highest BCUT2D eigenvalue weighted by Crippen LogP contribution is 2.71. The number of allylic oxidation sites excluding steroid dienone is 4. The summed E-state index contributed by atoms with van der Waals surface area (Å²) in [4.78, 5) is 24.5. The van der Waals surface area contributed by atoms with Crippen molar-refractivity contribution < 1.29 is 9.59 Å². The van der Waals surface area contributed by atoms with Crippen LogP contribution in [0.1, 0.15) is 33.1 Å². The van der Waals surface area contributed by atoms with Gasteiger partial charge in [0.15, 0.2) is 11.6 Å². The number of hydrogen-bond acceptors (Lipinski definition) is 2. The van der Waals surface area contributed by atoms with E-state index in [-0.39, 0.29) is 23.4 Å². The van der Waals surface area contributed by atoms with Crippen LogP contribution in [-0.2, 0) is 9.59 Å². The first kappa shape index (κ1) is 11.5. The third-order valence-corrected chi connectivity index (χ3v) is 7.36. The molecule has 0 aliphatic heterocycles. The Kier molecular flexibility index (Phi) is 1.82. The van der Waals surface area contributed by atoms with Crippen molar-refractivity contribution in [3.05, 3.63) is 23.3 Å². The van der Waals surface area contributed by atoms with Gasteiger partial charge in [0.25, 0.3) is 0 Å². The fourth-order valence-electron chi connectivity index (χ4n) is 6.24. The van der Waals surface area contributed by atoms with Gasteiger partial charge in [-0.1, -0.05) is 25.0 Å². The molecule has 0 N–H and O–H groups in total. The van der Waals surface area contributed by atoms with Crippen LogP contribution in [0.25, 0.3) is 0 Å². The van der Waals surface area contributed by atoms with Gasteiger partial charge < -0.3 is 0 Å². The van der Waals surface area contributed by atoms with Crippen LogP contribution in [0.15, 0.2) is 23.3 Å². The highest BCUT2D eigenvalue weighted by atomic mass is 16.1. The summed E-state index contributed by atoms with van der Waals surface area (Å²) in [5.74, 6) is 2.73. The zero-order valence-corrected chi connectivity index (χ0v) is 12.1. The molecule has 0 saturated heterocycles. The van der Waals surface area contributed by atoms with E-state index >= 15 is 0 Å². The number of fused-ring (bicyclic) bond motifs is 5. The first-order valence-electron chi connectivity index (χ1n) is 7.98. The van der Waals surface area contributed by atoms with Gasteiger partial charge in [0.2, 0.25) is 0 Å². The molecular formula is C18H20O2. The van der Waals surface area contributed by atoms with E-state index in [1.807, 2.05) is 0 Å². The molecule has 2 nitrogen and oxygen atoms in total. The maximum absolute atomic E-state index is 12.3. The quantitative estimate of drug-likeness (QED) is 0.633. The molecule has 2 saturated carbocycles. The lowest BCUT2D eigenvalue weighted by molar-refractivity contribution is -0.130. The minimum atomic E-state index is -0.0100. The molecule has 0 heterocycles. The Bertz CT molecular complexity index is 621. The van der Waals surface area contributed by atoms with Crippen LogP contribution in [0.3, 0.4) is 0 Å². The first-order chi connectivity index (χ1) is 9.50. The van der Waals surface area contributed by atoms with Gasteiger partial charge >= 0.3 is 0 Å². The summed E-state index contributed by atoms with van der Waals surface area (Å²) >= 11 is 0. The van der Waals surface area contributed by atoms with Crippen LogP contribution in [0.5, 0.6) is 0 Å². The van der Waals surface area contributed by atoms with E-state index in [0.29, 0.717) is 23.2 Å². The average Bonchev–Trinajstić information content (AvgIpc) is 2.99. The summed E-state index contributed by atoms with van der Waals surface area (Å²) in [6, 6.07) is 0. The lowest BCUT2D eigenvalue weighted by Crippen LogP contribution is -2.52. The van der Waals surface area contributed by atoms with Gasteiger partial charge in [0, 0.05) is 11.8 Å². The van der Waals surface area contributed by atoms with Gasteiger partial charge in [-0.05, 0) is 60.5 Å². The van der Waals surface area contributed by atoms with Gasteiger partial charge in [0.1, 0.15) is 0 Å². The Hall–Kier alpha value is -1.18. The monoisotopic (exact) mass is 268 g/mol. The van der Waals surface area contributed by atoms with Crippen molar-refractivity contribution in [3.63, 3.8) is 0 Å². The van der Waals surface area contributed by atoms with Crippen LogP contribution >= 0.6 is 0 Å². The Labute approximate surface area is 119 Å². The maximum atomic E-state index is 12.3. The second kappa shape index (κ2) is 3.18. The van der Waals surface area contributed by atoms with Crippen LogP contribution in [0.4, 0.5) is 0 Å². The number of ketones is 2. The van der Waals surface area contributed by atoms with Gasteiger partial charge in [-0.25, -0.2) is 0 Å². The maximum Gasteiger partial charge on any atom is 0.160 e. The Balaban J connectivity index is 1.64. The van der Waals surface area contributed by atoms with Crippen molar-refractivity contribution in [1.82, 2.24) is 0 Å². The molecule has 0 amide bonds. The molecule has 0 radical (unpaired) electrons. The zero-order chi connectivity index (χ0) is 13.8. The summed E-state index contributed by atoms with van der Waals surface area (Å²) in [7, 11) is 0. The molecule has 0 aromatic rings. The Morgan fingerprint density at radius 2 is 1.65 bits per heavy atom. The summed E-state index contributed by atoms with van der Waals surface area (Å²) in [5.41, 5.74) is 3.66. The standard InChI is InChI=1S/C18H20O2/c1-18(2)8-5-9-10-7-11(15(9)12(18)6-8)17-14(20)4-3-13(19)16(10)17/h3-4,8,10-12,16-17H,5-7H2,1-2H3/t8-,10+,11+,12+,16+,17-/m0/s1. The summed E-state index contributed by atoms with van der Waals surface area (Å²) in [6.45, 7) is 4.79. The molecule has 0 aromatic carbocycles. The second-order valence-electron chi connectivity index (χ2n) is 8.13. The van der Waals surface area contributed by atoms with Gasteiger partial charge in [-0.3, -0.25) is 9.59 Å². The fraction of sp³-hybridized carbons (Fsp3) is 0.667. The molecule has 6 aliphatic rings. The largest absolute Gasteiger partial charge is 0.294 e. The van der Waals surface area contributed by atoms with Crippen molar-refractivity contribution in [1.29, 1.82) is 0 Å². The number of carbonyl (C=O) groups excluding carboxylic acids is 2. The summed E-state index contributed by atoms with van der Waals surface area (Å²) < 4.78 is 0. The SMILES string of the molecule is CC1(C)[C@H]2CC3=C([C@H]4C[C@H]3[C@@H]3C(=O)C=CC(=O)[C@@H]34)[C@H]1C2. The van der Waals surface area contributed by atoms with Gasteiger partial charge in [0.05, 0.1) is 0 Å². The molecule has 4 bridgehead atoms. The van der Waals surface area contributed by atoms with E-state index in [2.05, 4.69) is 13.8 Å². The average molecular weight is 268 g/mol. The normalized spacial score (nSPS) is 50.1. The van der Waals surface area contributed by atoms with E-state index in [1.165, 1.54) is 18.9 Å². The zero-order valence-electron chi connectivity index (χ0n) is 12.1. The number of hydrogen-bond donors (Lipinski definition) is 0. The number of rotatable bonds is 0. The molecule has 2 fully saturated rings. The van der Waals surface area contributed by atoms with Crippen molar-refractivity contribution in [3.8, 4) is 0 Å². The van der Waals surface area contributed by atoms with E-state index in [1.54, 1.807) is 17.2 Å². The van der Waals surface area contributed by atoms with Crippen LogP contribution in [0, 0.1) is 40.9 Å². The Morgan fingerprint density at radius 1 is 1.00 bits per heavy atom. The predicted octanol–water partition coefficient (Wildman–Crippen LogP) is 2.94. The highest BCUT2D eigenvalue weighted by molar-refractivity contribution is 6.08. The van der Waals surface area contributed by atoms with E-state index in [4.69, 9.17) is 0 Å². The molecule has 20 heavy (non-hydrogen) atoms. The molecule has 6 rings (SSSR count). The van der Waals surface area contributed by atoms with Crippen molar-refractivity contribution >= 4 is 11.6 Å². The third-order valence-electron chi connectivity index (χ3n) is 7.36. The molecule has 0 spiro atoms. The number of carbonyl (C=O) groups is 2. The molecule has 6 aliphatic carbocycles. The lowest BCUT2D eigenvalue weighted by Gasteiger charge is -2.60. The molecule has 2 heteroatoms. The Morgan fingerprint density at radius 3 is 2.30 bits per heavy atom. The van der Waals surface area contributed by atoms with Crippen LogP contribution in [0.2, 0.25) is 0 Å². The third kappa shape index (κ3) is 1.03. The minimum absolute atomic E-state index is 0.00291. The van der Waals surface area contributed by atoms with E-state index < -0.39 is 0 Å². The molecular weight excluding hydrogens is 248 g/mol. The molecule has 6 atom stereocenters. The first-order valence-corrected chi connectivity index (χ1v) is 7.98. The van der Waals surface area contributed by atoms with E-state index in [9.17, 15) is 9.59 Å². The van der Waals surface area contributed by atoms with Crippen molar-refractivity contribution in [2.24, 2.45) is 40.9 Å². The van der Waals surface area contributed by atoms with Crippen LogP contribution in [-0.4, -0.2) is 11.6 Å². The molecule has 0 unspecified atom stereocenters. The fourth-order valence-corrected chi connectivity index (χ4v) is 6.24. The van der Waals surface area contributed by atoms with Gasteiger partial charge in [-0.15, -0.1) is 0 Å². The summed E-state index contributed by atoms with van der Waals surface area (Å²) in [6.07, 6.45) is 6.69. The van der Waals surface area contributed by atoms with E-state index in [0.717, 1.165) is 12.3 Å². The summed E-state index contributed by atoms with van der Waals surface area (Å²) in [5, 5.41) is 0. The van der Waals surface area contributed by atoms with Crippen LogP contribution < -0.4 is 0 Å². The van der Waals surface area contributed by atoms with Gasteiger partial charge in [-0.2, -0.15) is 0 Å². The molecule has 0 aromatic heterocycles. The second-order valence-corrected chi connectivity index (χ2v) is 8.13. The minimum Gasteiger partial charge on any atom is -0.294 e. The lowest BCUT2D eigenvalue weighted by atomic mass is 9.45. The van der Waals surface area contributed by atoms with Crippen molar-refractivity contribution in [2.45, 2.75) is 33.1 Å². The topological polar surface area (TPSA) is 34.1 Å².